The Bertz CT molecular complexity index is 641. The summed E-state index contributed by atoms with van der Waals surface area (Å²) in [5.74, 6) is -3.96. The second-order valence-corrected chi connectivity index (χ2v) is 9.06. The van der Waals surface area contributed by atoms with Crippen LogP contribution in [0.2, 0.25) is 0 Å². The van der Waals surface area contributed by atoms with Crippen molar-refractivity contribution in [3.8, 4) is 0 Å². The summed E-state index contributed by atoms with van der Waals surface area (Å²) in [5, 5.41) is 9.46. The van der Waals surface area contributed by atoms with Gasteiger partial charge in [-0.15, -0.1) is 0 Å². The number of carboxylic acids is 1. The monoisotopic (exact) mass is 454 g/mol. The van der Waals surface area contributed by atoms with E-state index in [1.165, 1.54) is 20.8 Å². The number of carbonyl (C=O) groups is 3. The van der Waals surface area contributed by atoms with Crippen molar-refractivity contribution in [1.82, 2.24) is 0 Å². The maximum atomic E-state index is 12.8. The number of ether oxygens (including phenoxy) is 3. The lowest BCUT2D eigenvalue weighted by atomic mass is 9.73. The van der Waals surface area contributed by atoms with Gasteiger partial charge in [0, 0.05) is 6.61 Å². The van der Waals surface area contributed by atoms with E-state index in [1.54, 1.807) is 6.92 Å². The molecule has 0 aromatic heterocycles. The Morgan fingerprint density at radius 3 is 2.23 bits per heavy atom. The molecule has 4 unspecified atom stereocenters. The van der Waals surface area contributed by atoms with Gasteiger partial charge in [0.2, 0.25) is 0 Å². The lowest BCUT2D eigenvalue weighted by Crippen LogP contribution is -2.41. The van der Waals surface area contributed by atoms with Gasteiger partial charge in [-0.25, -0.2) is 0 Å². The van der Waals surface area contributed by atoms with Crippen LogP contribution >= 0.6 is 0 Å². The number of aliphatic carboxylic acids is 1. The predicted molar refractivity (Wildman–Crippen MR) is 104 cm³/mol. The summed E-state index contributed by atoms with van der Waals surface area (Å²) in [5.41, 5.74) is -2.74. The molecule has 0 spiro atoms. The van der Waals surface area contributed by atoms with Gasteiger partial charge >= 0.3 is 24.1 Å². The van der Waals surface area contributed by atoms with Gasteiger partial charge in [-0.05, 0) is 59.8 Å². The first kappa shape index (κ1) is 27.2. The van der Waals surface area contributed by atoms with Crippen LogP contribution in [0.4, 0.5) is 13.2 Å². The van der Waals surface area contributed by atoms with Crippen molar-refractivity contribution in [2.24, 2.45) is 16.7 Å². The molecule has 1 aliphatic heterocycles. The smallest absolute Gasteiger partial charge is 0.425 e. The van der Waals surface area contributed by atoms with Crippen LogP contribution in [0.25, 0.3) is 0 Å². The van der Waals surface area contributed by atoms with E-state index < -0.39 is 46.9 Å². The third kappa shape index (κ3) is 7.97. The Balaban J connectivity index is 3.01. The van der Waals surface area contributed by atoms with Crippen molar-refractivity contribution in [3.05, 3.63) is 0 Å². The van der Waals surface area contributed by atoms with Crippen molar-refractivity contribution in [1.29, 1.82) is 0 Å². The summed E-state index contributed by atoms with van der Waals surface area (Å²) in [6.07, 6.45) is -5.94. The van der Waals surface area contributed by atoms with Gasteiger partial charge in [-0.1, -0.05) is 6.92 Å². The van der Waals surface area contributed by atoms with E-state index in [0.717, 1.165) is 19.8 Å². The zero-order valence-electron chi connectivity index (χ0n) is 18.7. The number of halogens is 3. The lowest BCUT2D eigenvalue weighted by Gasteiger charge is -2.33. The summed E-state index contributed by atoms with van der Waals surface area (Å²) in [6.45, 7) is 7.17. The first-order chi connectivity index (χ1) is 14.1. The number of hydrogen-bond donors (Lipinski definition) is 1. The quantitative estimate of drug-likeness (QED) is 0.469. The molecule has 180 valence electrons. The molecule has 1 fully saturated rings. The van der Waals surface area contributed by atoms with Crippen LogP contribution in [0.3, 0.4) is 0 Å². The predicted octanol–water partition coefficient (Wildman–Crippen LogP) is 4.13. The molecule has 1 aliphatic rings. The summed E-state index contributed by atoms with van der Waals surface area (Å²) in [4.78, 5) is 36.9. The number of carboxylic acid groups (broad SMARTS) is 1. The molecule has 1 N–H and O–H groups in total. The Hall–Kier alpha value is -1.84. The first-order valence-electron chi connectivity index (χ1n) is 10.4. The molecule has 31 heavy (non-hydrogen) atoms. The van der Waals surface area contributed by atoms with Crippen molar-refractivity contribution >= 4 is 17.9 Å². The van der Waals surface area contributed by atoms with Crippen molar-refractivity contribution in [3.63, 3.8) is 0 Å². The van der Waals surface area contributed by atoms with Crippen molar-refractivity contribution in [2.75, 3.05) is 13.2 Å². The van der Waals surface area contributed by atoms with Gasteiger partial charge in [-0.3, -0.25) is 14.4 Å². The highest BCUT2D eigenvalue weighted by Crippen LogP contribution is 2.38. The van der Waals surface area contributed by atoms with Gasteiger partial charge in [0.05, 0.1) is 22.9 Å². The summed E-state index contributed by atoms with van der Waals surface area (Å²) in [6, 6.07) is 0. The van der Waals surface area contributed by atoms with Crippen LogP contribution < -0.4 is 0 Å². The van der Waals surface area contributed by atoms with Crippen LogP contribution in [0.5, 0.6) is 0 Å². The number of hydrogen-bond acceptors (Lipinski definition) is 6. The topological polar surface area (TPSA) is 99.1 Å². The van der Waals surface area contributed by atoms with Crippen LogP contribution in [0.1, 0.15) is 66.7 Å². The zero-order valence-corrected chi connectivity index (χ0v) is 18.7. The minimum atomic E-state index is -4.71. The average molecular weight is 454 g/mol. The fourth-order valence-electron chi connectivity index (χ4n) is 3.30. The molecule has 1 saturated heterocycles. The normalized spacial score (nSPS) is 21.1. The minimum Gasteiger partial charge on any atom is -0.481 e. The third-order valence-corrected chi connectivity index (χ3v) is 5.82. The standard InChI is InChI=1S/C21H33F3O7/c1-6-20(5,18(28)31-13(2)21(22,23)24)11-14(10-19(3,4)17(26)27)16(25)30-12-15-8-7-9-29-15/h13-15H,6-12H2,1-5H3,(H,26,27). The Morgan fingerprint density at radius 1 is 1.16 bits per heavy atom. The van der Waals surface area contributed by atoms with E-state index in [-0.39, 0.29) is 32.0 Å². The van der Waals surface area contributed by atoms with Crippen LogP contribution in [-0.4, -0.2) is 54.6 Å². The van der Waals surface area contributed by atoms with Crippen LogP contribution in [0.15, 0.2) is 0 Å². The highest BCUT2D eigenvalue weighted by atomic mass is 19.4. The lowest BCUT2D eigenvalue weighted by molar-refractivity contribution is -0.222. The summed E-state index contributed by atoms with van der Waals surface area (Å²) < 4.78 is 53.8. The van der Waals surface area contributed by atoms with E-state index in [9.17, 15) is 32.7 Å². The van der Waals surface area contributed by atoms with E-state index in [2.05, 4.69) is 4.74 Å². The third-order valence-electron chi connectivity index (χ3n) is 5.82. The minimum absolute atomic E-state index is 0.00122. The van der Waals surface area contributed by atoms with Crippen LogP contribution in [0, 0.1) is 16.7 Å². The second-order valence-electron chi connectivity index (χ2n) is 9.06. The number of rotatable bonds is 11. The van der Waals surface area contributed by atoms with E-state index in [0.29, 0.717) is 6.61 Å². The van der Waals surface area contributed by atoms with Crippen molar-refractivity contribution in [2.45, 2.75) is 85.1 Å². The molecule has 1 heterocycles. The molecule has 4 atom stereocenters. The molecule has 0 aromatic carbocycles. The molecule has 0 amide bonds. The molecular weight excluding hydrogens is 421 g/mol. The fourth-order valence-corrected chi connectivity index (χ4v) is 3.30. The van der Waals surface area contributed by atoms with Crippen molar-refractivity contribution < 1.29 is 46.9 Å². The molecule has 10 heteroatoms. The fraction of sp³-hybridized carbons (Fsp3) is 0.857. The van der Waals surface area contributed by atoms with Crippen LogP contribution in [-0.2, 0) is 28.6 Å². The molecule has 1 rings (SSSR count). The van der Waals surface area contributed by atoms with Gasteiger partial charge in [0.15, 0.2) is 6.10 Å². The molecule has 0 radical (unpaired) electrons. The highest BCUT2D eigenvalue weighted by Gasteiger charge is 2.46. The van der Waals surface area contributed by atoms with Gasteiger partial charge < -0.3 is 19.3 Å². The molecule has 0 saturated carbocycles. The number of alkyl halides is 3. The van der Waals surface area contributed by atoms with E-state index in [4.69, 9.17) is 9.47 Å². The summed E-state index contributed by atoms with van der Waals surface area (Å²) >= 11 is 0. The Kier molecular flexibility index (Phi) is 9.34. The highest BCUT2D eigenvalue weighted by molar-refractivity contribution is 5.80. The Morgan fingerprint density at radius 2 is 1.77 bits per heavy atom. The largest absolute Gasteiger partial charge is 0.481 e. The molecule has 0 bridgehead atoms. The van der Waals surface area contributed by atoms with E-state index in [1.807, 2.05) is 0 Å². The average Bonchev–Trinajstić information content (AvgIpc) is 3.17. The van der Waals surface area contributed by atoms with E-state index >= 15 is 0 Å². The SMILES string of the molecule is CCC(C)(CC(CC(C)(C)C(=O)O)C(=O)OCC1CCCO1)C(=O)OC(C)C(F)(F)F. The molecule has 0 aromatic rings. The van der Waals surface area contributed by atoms with Gasteiger partial charge in [0.1, 0.15) is 6.61 Å². The zero-order chi connectivity index (χ0) is 24.0. The maximum absolute atomic E-state index is 12.8. The first-order valence-corrected chi connectivity index (χ1v) is 10.4. The Labute approximate surface area is 180 Å². The second kappa shape index (κ2) is 10.7. The number of carbonyl (C=O) groups excluding carboxylic acids is 2. The van der Waals surface area contributed by atoms with Gasteiger partial charge in [0.25, 0.3) is 0 Å². The molecular formula is C21H33F3O7. The summed E-state index contributed by atoms with van der Waals surface area (Å²) in [7, 11) is 0. The maximum Gasteiger partial charge on any atom is 0.425 e. The molecule has 7 nitrogen and oxygen atoms in total. The molecule has 0 aliphatic carbocycles. The van der Waals surface area contributed by atoms with Gasteiger partial charge in [-0.2, -0.15) is 13.2 Å². The number of esters is 2.